The van der Waals surface area contributed by atoms with Gasteiger partial charge in [-0.1, -0.05) is 78.9 Å². The molecule has 1 heterocycles. The number of aliphatic carboxylic acids is 1. The second kappa shape index (κ2) is 15.9. The summed E-state index contributed by atoms with van der Waals surface area (Å²) in [6.07, 6.45) is 5.05. The van der Waals surface area contributed by atoms with Gasteiger partial charge in [0.1, 0.15) is 18.1 Å². The van der Waals surface area contributed by atoms with E-state index in [1.165, 1.54) is 11.1 Å². The lowest BCUT2D eigenvalue weighted by molar-refractivity contribution is -0.137. The summed E-state index contributed by atoms with van der Waals surface area (Å²) >= 11 is 0. The van der Waals surface area contributed by atoms with Crippen molar-refractivity contribution in [3.8, 4) is 11.5 Å². The molecule has 0 saturated heterocycles. The topological polar surface area (TPSA) is 96.3 Å². The molecule has 45 heavy (non-hydrogen) atoms. The Bertz CT molecular complexity index is 1550. The number of rotatable bonds is 16. The zero-order chi connectivity index (χ0) is 31.4. The number of hydrogen-bond acceptors (Lipinski definition) is 5. The van der Waals surface area contributed by atoms with Crippen LogP contribution in [0.1, 0.15) is 69.9 Å². The van der Waals surface area contributed by atoms with Crippen LogP contribution in [0, 0.1) is 0 Å². The van der Waals surface area contributed by atoms with Gasteiger partial charge in [0.05, 0.1) is 12.2 Å². The van der Waals surface area contributed by atoms with Crippen molar-refractivity contribution in [1.82, 2.24) is 4.90 Å². The molecule has 0 radical (unpaired) electrons. The lowest BCUT2D eigenvalue weighted by Gasteiger charge is -2.36. The summed E-state index contributed by atoms with van der Waals surface area (Å²) in [5.41, 5.74) is 6.06. The minimum Gasteiger partial charge on any atom is -0.493 e. The highest BCUT2D eigenvalue weighted by atomic mass is 16.5. The van der Waals surface area contributed by atoms with Crippen molar-refractivity contribution in [1.29, 1.82) is 0 Å². The molecule has 4 aromatic rings. The Kier molecular flexibility index (Phi) is 11.2. The maximum Gasteiger partial charge on any atom is 0.335 e. The number of aryl methyl sites for hydroxylation is 2. The molecule has 0 aliphatic carbocycles. The van der Waals surface area contributed by atoms with Gasteiger partial charge < -0.3 is 19.7 Å². The highest BCUT2D eigenvalue weighted by Crippen LogP contribution is 2.37. The van der Waals surface area contributed by atoms with Crippen LogP contribution in [0.3, 0.4) is 0 Å². The first-order valence-electron chi connectivity index (χ1n) is 15.7. The van der Waals surface area contributed by atoms with Crippen LogP contribution < -0.4 is 9.47 Å². The lowest BCUT2D eigenvalue weighted by atomic mass is 9.96. The van der Waals surface area contributed by atoms with Crippen LogP contribution in [-0.2, 0) is 30.7 Å². The Labute approximate surface area is 265 Å². The number of fused-ring (bicyclic) bond motifs is 1. The van der Waals surface area contributed by atoms with Gasteiger partial charge in [0.2, 0.25) is 0 Å². The third-order valence-electron chi connectivity index (χ3n) is 8.40. The van der Waals surface area contributed by atoms with Crippen molar-refractivity contribution < 1.29 is 29.3 Å². The van der Waals surface area contributed by atoms with Gasteiger partial charge in [-0.15, -0.1) is 0 Å². The van der Waals surface area contributed by atoms with Gasteiger partial charge in [-0.3, -0.25) is 9.69 Å². The summed E-state index contributed by atoms with van der Waals surface area (Å²) in [5.74, 6) is -0.303. The zero-order valence-corrected chi connectivity index (χ0v) is 25.6. The predicted molar refractivity (Wildman–Crippen MR) is 174 cm³/mol. The number of benzene rings is 4. The summed E-state index contributed by atoms with van der Waals surface area (Å²) in [4.78, 5) is 25.0. The fourth-order valence-electron chi connectivity index (χ4n) is 5.91. The van der Waals surface area contributed by atoms with E-state index < -0.39 is 11.9 Å². The first-order valence-corrected chi connectivity index (χ1v) is 15.7. The van der Waals surface area contributed by atoms with E-state index in [9.17, 15) is 14.7 Å². The molecule has 0 bridgehead atoms. The van der Waals surface area contributed by atoms with E-state index in [-0.39, 0.29) is 18.0 Å². The highest BCUT2D eigenvalue weighted by Gasteiger charge is 2.28. The number of ether oxygens (including phenoxy) is 2. The quantitative estimate of drug-likeness (QED) is 0.128. The Morgan fingerprint density at radius 3 is 2.24 bits per heavy atom. The molecule has 1 unspecified atom stereocenters. The van der Waals surface area contributed by atoms with Gasteiger partial charge in [-0.25, -0.2) is 4.79 Å². The van der Waals surface area contributed by atoms with E-state index in [0.717, 1.165) is 67.6 Å². The lowest BCUT2D eigenvalue weighted by Crippen LogP contribution is -2.35. The fraction of sp³-hybridized carbons (Fsp3) is 0.316. The summed E-state index contributed by atoms with van der Waals surface area (Å²) < 4.78 is 12.2. The van der Waals surface area contributed by atoms with E-state index in [1.54, 1.807) is 12.1 Å². The Morgan fingerprint density at radius 2 is 1.49 bits per heavy atom. The van der Waals surface area contributed by atoms with E-state index in [0.29, 0.717) is 25.4 Å². The summed E-state index contributed by atoms with van der Waals surface area (Å²) in [7, 11) is 0. The smallest absolute Gasteiger partial charge is 0.335 e. The predicted octanol–water partition coefficient (Wildman–Crippen LogP) is 7.37. The number of para-hydroxylation sites is 1. The second-order valence-corrected chi connectivity index (χ2v) is 11.5. The van der Waals surface area contributed by atoms with E-state index >= 15 is 0 Å². The third-order valence-corrected chi connectivity index (χ3v) is 8.40. The molecule has 0 amide bonds. The molecule has 0 aromatic heterocycles. The summed E-state index contributed by atoms with van der Waals surface area (Å²) in [6, 6.07) is 32.4. The Morgan fingerprint density at radius 1 is 0.778 bits per heavy atom. The molecular formula is C38H41NO6. The molecule has 0 fully saturated rings. The van der Waals surface area contributed by atoms with Crippen LogP contribution in [0.25, 0.3) is 0 Å². The fourth-order valence-corrected chi connectivity index (χ4v) is 5.91. The third kappa shape index (κ3) is 9.19. The van der Waals surface area contributed by atoms with Gasteiger partial charge in [0.15, 0.2) is 0 Å². The van der Waals surface area contributed by atoms with Crippen molar-refractivity contribution in [2.24, 2.45) is 0 Å². The number of unbranched alkanes of at least 4 members (excludes halogenated alkanes) is 1. The molecule has 2 N–H and O–H groups in total. The number of carbonyl (C=O) groups is 2. The van der Waals surface area contributed by atoms with Crippen molar-refractivity contribution in [3.05, 3.63) is 130 Å². The van der Waals surface area contributed by atoms with Gasteiger partial charge >= 0.3 is 11.9 Å². The van der Waals surface area contributed by atoms with Crippen LogP contribution in [0.15, 0.2) is 97.1 Å². The van der Waals surface area contributed by atoms with E-state index in [1.807, 2.05) is 30.3 Å². The van der Waals surface area contributed by atoms with E-state index in [2.05, 4.69) is 59.5 Å². The van der Waals surface area contributed by atoms with Crippen LogP contribution >= 0.6 is 0 Å². The normalized spacial score (nSPS) is 14.0. The largest absolute Gasteiger partial charge is 0.493 e. The molecule has 4 aromatic carbocycles. The monoisotopic (exact) mass is 607 g/mol. The highest BCUT2D eigenvalue weighted by molar-refractivity contribution is 5.88. The number of nitrogens with zero attached hydrogens (tertiary/aromatic N) is 1. The first kappa shape index (κ1) is 31.8. The molecular weight excluding hydrogens is 566 g/mol. The van der Waals surface area contributed by atoms with Crippen LogP contribution in [0.2, 0.25) is 0 Å². The number of aromatic carboxylic acids is 1. The molecule has 1 atom stereocenters. The number of carboxylic acid groups (broad SMARTS) is 2. The first-order chi connectivity index (χ1) is 22.0. The minimum atomic E-state index is -0.982. The number of hydrogen-bond donors (Lipinski definition) is 2. The molecule has 0 saturated carbocycles. The molecule has 1 aliphatic heterocycles. The van der Waals surface area contributed by atoms with Crippen LogP contribution in [0.5, 0.6) is 11.5 Å². The van der Waals surface area contributed by atoms with Crippen molar-refractivity contribution in [2.75, 3.05) is 19.7 Å². The van der Waals surface area contributed by atoms with Gasteiger partial charge in [-0.05, 0) is 79.1 Å². The van der Waals surface area contributed by atoms with Crippen LogP contribution in [0.4, 0.5) is 0 Å². The molecule has 7 heteroatoms. The SMILES string of the molecule is O=C(O)CCCCN(CCc1ccccc1OCc1ccc(CCc2ccccc2)cc1)C1CCOc2cc(C(=O)O)ccc21. The maximum absolute atomic E-state index is 11.5. The Hall–Kier alpha value is -4.62. The average Bonchev–Trinajstić information content (AvgIpc) is 3.07. The van der Waals surface area contributed by atoms with Crippen molar-refractivity contribution in [3.63, 3.8) is 0 Å². The van der Waals surface area contributed by atoms with Gasteiger partial charge in [-0.2, -0.15) is 0 Å². The summed E-state index contributed by atoms with van der Waals surface area (Å²) in [6.45, 7) is 2.46. The summed E-state index contributed by atoms with van der Waals surface area (Å²) in [5, 5.41) is 18.6. The second-order valence-electron chi connectivity index (χ2n) is 11.5. The average molecular weight is 608 g/mol. The standard InChI is InChI=1S/C38H41NO6/c40-37(41)12-6-7-23-39(34-22-25-44-36-26-32(38(42)43)19-20-33(34)36)24-21-31-10-4-5-11-35(31)45-27-30-17-15-29(16-18-30)14-13-28-8-2-1-3-9-28/h1-5,8-11,15-20,26,34H,6-7,12-14,21-25,27H2,(H,40,41)(H,42,43). The van der Waals surface area contributed by atoms with Crippen molar-refractivity contribution >= 4 is 11.9 Å². The molecule has 234 valence electrons. The molecule has 5 rings (SSSR count). The maximum atomic E-state index is 11.5. The minimum absolute atomic E-state index is 0.0508. The molecule has 7 nitrogen and oxygen atoms in total. The molecule has 0 spiro atoms. The van der Waals surface area contributed by atoms with Gasteiger partial charge in [0, 0.05) is 31.0 Å². The molecule has 1 aliphatic rings. The van der Waals surface area contributed by atoms with Crippen LogP contribution in [-0.4, -0.2) is 46.7 Å². The van der Waals surface area contributed by atoms with E-state index in [4.69, 9.17) is 14.6 Å². The Balaban J connectivity index is 1.22. The number of carboxylic acids is 2. The zero-order valence-electron chi connectivity index (χ0n) is 25.6. The van der Waals surface area contributed by atoms with Gasteiger partial charge in [0.25, 0.3) is 0 Å². The van der Waals surface area contributed by atoms with Crippen molar-refractivity contribution in [2.45, 2.75) is 57.6 Å².